The number of hydrogen-bond acceptors (Lipinski definition) is 7. The van der Waals surface area contributed by atoms with Crippen molar-refractivity contribution in [3.05, 3.63) is 64.5 Å². The largest absolute Gasteiger partial charge is 0.495 e. The average molecular weight is 502 g/mol. The summed E-state index contributed by atoms with van der Waals surface area (Å²) in [6.07, 6.45) is 3.15. The Balaban J connectivity index is 1.46. The maximum absolute atomic E-state index is 13.0. The molecule has 0 spiro atoms. The van der Waals surface area contributed by atoms with Crippen LogP contribution in [0.15, 0.2) is 52.9 Å². The number of benzene rings is 2. The van der Waals surface area contributed by atoms with E-state index in [1.54, 1.807) is 0 Å². The molecule has 0 saturated carbocycles. The van der Waals surface area contributed by atoms with Crippen molar-refractivity contribution in [1.29, 1.82) is 0 Å². The Labute approximate surface area is 203 Å². The SMILES string of the molecule is COc1cc(C(=O)O)ccc1NS(=O)(=O)c1csc(N2CCCC(Cc3ccc(C)cc3)C2)n1. The predicted molar refractivity (Wildman–Crippen MR) is 133 cm³/mol. The Bertz CT molecular complexity index is 1270. The van der Waals surface area contributed by atoms with E-state index < -0.39 is 16.0 Å². The zero-order valence-corrected chi connectivity index (χ0v) is 20.7. The van der Waals surface area contributed by atoms with Crippen molar-refractivity contribution in [1.82, 2.24) is 4.98 Å². The number of aromatic carboxylic acids is 1. The van der Waals surface area contributed by atoms with Crippen LogP contribution in [0.4, 0.5) is 10.8 Å². The first-order valence-electron chi connectivity index (χ1n) is 11.0. The molecule has 1 aliphatic heterocycles. The van der Waals surface area contributed by atoms with Crippen molar-refractivity contribution < 1.29 is 23.1 Å². The smallest absolute Gasteiger partial charge is 0.335 e. The molecule has 0 radical (unpaired) electrons. The van der Waals surface area contributed by atoms with Crippen LogP contribution in [-0.2, 0) is 16.4 Å². The number of piperidine rings is 1. The van der Waals surface area contributed by atoms with E-state index in [0.29, 0.717) is 11.0 Å². The molecule has 2 N–H and O–H groups in total. The number of carboxylic acids is 1. The Morgan fingerprint density at radius 2 is 2.03 bits per heavy atom. The van der Waals surface area contributed by atoms with Gasteiger partial charge in [-0.15, -0.1) is 11.3 Å². The minimum absolute atomic E-state index is 0.000956. The van der Waals surface area contributed by atoms with Crippen LogP contribution in [0, 0.1) is 12.8 Å². The van der Waals surface area contributed by atoms with Crippen molar-refractivity contribution in [2.45, 2.75) is 31.2 Å². The van der Waals surface area contributed by atoms with E-state index in [4.69, 9.17) is 9.84 Å². The van der Waals surface area contributed by atoms with Crippen LogP contribution in [0.25, 0.3) is 0 Å². The highest BCUT2D eigenvalue weighted by Crippen LogP contribution is 2.32. The molecule has 4 rings (SSSR count). The standard InChI is InChI=1S/C24H27N3O5S2/c1-16-5-7-17(8-6-16)12-18-4-3-11-27(14-18)24-25-22(15-33-24)34(30,31)26-20-10-9-19(23(28)29)13-21(20)32-2/h5-10,13,15,18,26H,3-4,11-12,14H2,1-2H3,(H,28,29). The van der Waals surface area contributed by atoms with Crippen LogP contribution in [0.3, 0.4) is 0 Å². The van der Waals surface area contributed by atoms with Crippen LogP contribution in [0.1, 0.15) is 34.3 Å². The molecule has 2 heterocycles. The van der Waals surface area contributed by atoms with Crippen LogP contribution in [-0.4, -0.2) is 44.7 Å². The van der Waals surface area contributed by atoms with Gasteiger partial charge in [0.15, 0.2) is 10.2 Å². The Morgan fingerprint density at radius 1 is 1.26 bits per heavy atom. The number of aromatic nitrogens is 1. The second-order valence-corrected chi connectivity index (χ2v) is 10.9. The van der Waals surface area contributed by atoms with Crippen LogP contribution < -0.4 is 14.4 Å². The van der Waals surface area contributed by atoms with Gasteiger partial charge in [-0.3, -0.25) is 4.72 Å². The van der Waals surface area contributed by atoms with E-state index >= 15 is 0 Å². The molecule has 8 nitrogen and oxygen atoms in total. The number of nitrogens with zero attached hydrogens (tertiary/aromatic N) is 2. The molecular weight excluding hydrogens is 474 g/mol. The topological polar surface area (TPSA) is 109 Å². The summed E-state index contributed by atoms with van der Waals surface area (Å²) in [5.74, 6) is -0.525. The number of ether oxygens (including phenoxy) is 1. The second kappa shape index (κ2) is 10.0. The molecule has 0 aliphatic carbocycles. The Morgan fingerprint density at radius 3 is 2.74 bits per heavy atom. The van der Waals surface area contributed by atoms with Crippen molar-refractivity contribution in [3.63, 3.8) is 0 Å². The van der Waals surface area contributed by atoms with Crippen molar-refractivity contribution in [3.8, 4) is 5.75 Å². The van der Waals surface area contributed by atoms with E-state index in [9.17, 15) is 13.2 Å². The fourth-order valence-corrected chi connectivity index (χ4v) is 6.29. The number of hydrogen-bond donors (Lipinski definition) is 2. The maximum Gasteiger partial charge on any atom is 0.335 e. The molecule has 3 aromatic rings. The summed E-state index contributed by atoms with van der Waals surface area (Å²) in [6.45, 7) is 3.75. The van der Waals surface area contributed by atoms with Crippen LogP contribution in [0.5, 0.6) is 5.75 Å². The number of anilines is 2. The third kappa shape index (κ3) is 5.51. The minimum Gasteiger partial charge on any atom is -0.495 e. The molecule has 1 aliphatic rings. The van der Waals surface area contributed by atoms with E-state index in [-0.39, 0.29) is 22.0 Å². The van der Waals surface area contributed by atoms with Gasteiger partial charge >= 0.3 is 5.97 Å². The van der Waals surface area contributed by atoms with E-state index in [0.717, 1.165) is 32.4 Å². The summed E-state index contributed by atoms with van der Waals surface area (Å²) in [7, 11) is -2.62. The molecule has 1 unspecified atom stereocenters. The van der Waals surface area contributed by atoms with Gasteiger partial charge in [-0.2, -0.15) is 8.42 Å². The molecule has 1 saturated heterocycles. The van der Waals surface area contributed by atoms with Gasteiger partial charge in [0.1, 0.15) is 5.75 Å². The summed E-state index contributed by atoms with van der Waals surface area (Å²) in [5, 5.41) is 11.3. The molecule has 1 fully saturated rings. The van der Waals surface area contributed by atoms with Gasteiger partial charge in [0.05, 0.1) is 18.4 Å². The molecule has 10 heteroatoms. The predicted octanol–water partition coefficient (Wildman–Crippen LogP) is 4.42. The highest BCUT2D eigenvalue weighted by Gasteiger charge is 2.26. The van der Waals surface area contributed by atoms with E-state index in [2.05, 4.69) is 45.8 Å². The third-order valence-corrected chi connectivity index (χ3v) is 8.17. The van der Waals surface area contributed by atoms with Crippen molar-refractivity contribution >= 4 is 38.1 Å². The highest BCUT2D eigenvalue weighted by molar-refractivity contribution is 7.92. The molecule has 180 valence electrons. The van der Waals surface area contributed by atoms with Gasteiger partial charge in [-0.1, -0.05) is 29.8 Å². The first-order valence-corrected chi connectivity index (χ1v) is 13.3. The quantitative estimate of drug-likeness (QED) is 0.470. The zero-order valence-electron chi connectivity index (χ0n) is 19.0. The highest BCUT2D eigenvalue weighted by atomic mass is 32.2. The number of thiazole rings is 1. The zero-order chi connectivity index (χ0) is 24.3. The third-order valence-electron chi connectivity index (χ3n) is 5.87. The average Bonchev–Trinajstić information content (AvgIpc) is 3.32. The van der Waals surface area contributed by atoms with Gasteiger partial charge in [0, 0.05) is 18.5 Å². The number of nitrogens with one attached hydrogen (secondary N) is 1. The van der Waals surface area contributed by atoms with E-state index in [1.807, 2.05) is 0 Å². The fraction of sp³-hybridized carbons (Fsp3) is 0.333. The molecule has 2 aromatic carbocycles. The first-order chi connectivity index (χ1) is 16.2. The fourth-order valence-electron chi connectivity index (χ4n) is 4.09. The van der Waals surface area contributed by atoms with Gasteiger partial charge < -0.3 is 14.7 Å². The molecule has 0 amide bonds. The lowest BCUT2D eigenvalue weighted by Crippen LogP contribution is -2.36. The number of rotatable bonds is 8. The Hall–Kier alpha value is -3.11. The Kier molecular flexibility index (Phi) is 7.08. The van der Waals surface area contributed by atoms with Crippen molar-refractivity contribution in [2.24, 2.45) is 5.92 Å². The number of methoxy groups -OCH3 is 1. The van der Waals surface area contributed by atoms with Gasteiger partial charge in [0.25, 0.3) is 10.0 Å². The van der Waals surface area contributed by atoms with Gasteiger partial charge in [-0.25, -0.2) is 9.78 Å². The monoisotopic (exact) mass is 501 g/mol. The lowest BCUT2D eigenvalue weighted by Gasteiger charge is -2.32. The van der Waals surface area contributed by atoms with Crippen molar-refractivity contribution in [2.75, 3.05) is 29.8 Å². The number of sulfonamides is 1. The van der Waals surface area contributed by atoms with Crippen LogP contribution >= 0.6 is 11.3 Å². The maximum atomic E-state index is 13.0. The summed E-state index contributed by atoms with van der Waals surface area (Å²) in [6, 6.07) is 12.6. The number of aryl methyl sites for hydroxylation is 1. The normalized spacial score (nSPS) is 16.3. The van der Waals surface area contributed by atoms with Crippen LogP contribution in [0.2, 0.25) is 0 Å². The number of carbonyl (C=O) groups is 1. The summed E-state index contributed by atoms with van der Waals surface area (Å²) >= 11 is 1.31. The lowest BCUT2D eigenvalue weighted by molar-refractivity contribution is 0.0696. The van der Waals surface area contributed by atoms with E-state index in [1.165, 1.54) is 53.2 Å². The van der Waals surface area contributed by atoms with Gasteiger partial charge in [-0.05, 0) is 55.9 Å². The number of carboxylic acid groups (broad SMARTS) is 1. The minimum atomic E-state index is -3.97. The lowest BCUT2D eigenvalue weighted by atomic mass is 9.91. The van der Waals surface area contributed by atoms with Gasteiger partial charge in [0.2, 0.25) is 0 Å². The molecule has 1 atom stereocenters. The molecule has 34 heavy (non-hydrogen) atoms. The summed E-state index contributed by atoms with van der Waals surface area (Å²) < 4.78 is 33.6. The molecule has 1 aromatic heterocycles. The summed E-state index contributed by atoms with van der Waals surface area (Å²) in [5.41, 5.74) is 2.71. The summed E-state index contributed by atoms with van der Waals surface area (Å²) in [4.78, 5) is 17.7. The second-order valence-electron chi connectivity index (χ2n) is 8.44. The molecular formula is C24H27N3O5S2. The first kappa shape index (κ1) is 24.0. The molecule has 0 bridgehead atoms.